The Balaban J connectivity index is 2.21. The van der Waals surface area contributed by atoms with Crippen LogP contribution in [0.4, 0.5) is 19.0 Å². The molecule has 6 heteroatoms. The number of hydrogen-bond acceptors (Lipinski definition) is 2. The fourth-order valence-electron chi connectivity index (χ4n) is 1.59. The molecule has 0 saturated carbocycles. The third-order valence-electron chi connectivity index (χ3n) is 2.61. The lowest BCUT2D eigenvalue weighted by Crippen LogP contribution is -2.11. The number of nitrogens with zero attached hydrogens (tertiary/aromatic N) is 1. The van der Waals surface area contributed by atoms with E-state index < -0.39 is 17.6 Å². The minimum absolute atomic E-state index is 0.292. The quantitative estimate of drug-likeness (QED) is 0.842. The first-order chi connectivity index (χ1) is 8.97. The molecule has 1 aromatic carbocycles. The molecule has 1 heterocycles. The lowest BCUT2D eigenvalue weighted by Gasteiger charge is -2.15. The molecule has 1 atom stereocenters. The van der Waals surface area contributed by atoms with Crippen LogP contribution in [0.15, 0.2) is 34.8 Å². The van der Waals surface area contributed by atoms with Gasteiger partial charge in [0.1, 0.15) is 0 Å². The number of benzene rings is 1. The maximum Gasteiger partial charge on any atom is 0.251 e. The molecule has 2 aromatic rings. The van der Waals surface area contributed by atoms with Crippen LogP contribution in [0.1, 0.15) is 18.5 Å². The van der Waals surface area contributed by atoms with Gasteiger partial charge in [-0.25, -0.2) is 8.78 Å². The normalized spacial score (nSPS) is 12.3. The Morgan fingerprint density at radius 2 is 1.74 bits per heavy atom. The van der Waals surface area contributed by atoms with E-state index in [1.807, 2.05) is 24.3 Å². The summed E-state index contributed by atoms with van der Waals surface area (Å²) in [7, 11) is 0. The molecule has 1 aromatic heterocycles. The summed E-state index contributed by atoms with van der Waals surface area (Å²) >= 11 is 3.31. The zero-order valence-electron chi connectivity index (χ0n) is 9.92. The molecule has 0 fully saturated rings. The molecule has 0 amide bonds. The summed E-state index contributed by atoms with van der Waals surface area (Å²) < 4.78 is 40.1. The van der Waals surface area contributed by atoms with E-state index in [0.29, 0.717) is 6.07 Å². The lowest BCUT2D eigenvalue weighted by atomic mass is 10.1. The van der Waals surface area contributed by atoms with Crippen LogP contribution < -0.4 is 5.32 Å². The summed E-state index contributed by atoms with van der Waals surface area (Å²) in [5, 5.41) is 2.71. The average Bonchev–Trinajstić information content (AvgIpc) is 2.36. The van der Waals surface area contributed by atoms with Crippen molar-refractivity contribution in [2.45, 2.75) is 13.0 Å². The van der Waals surface area contributed by atoms with Crippen LogP contribution in [0.5, 0.6) is 0 Å². The van der Waals surface area contributed by atoms with E-state index in [1.165, 1.54) is 0 Å². The number of rotatable bonds is 3. The third-order valence-corrected chi connectivity index (χ3v) is 3.14. The maximum atomic E-state index is 13.4. The van der Waals surface area contributed by atoms with E-state index in [2.05, 4.69) is 26.2 Å². The van der Waals surface area contributed by atoms with Crippen molar-refractivity contribution in [1.82, 2.24) is 4.98 Å². The summed E-state index contributed by atoms with van der Waals surface area (Å²) in [6.07, 6.45) is 0. The standard InChI is InChI=1S/C13H10BrF3N2/c1-7(8-2-4-9(14)5-3-8)18-13-11(16)6-10(15)12(17)19-13/h2-7H,1H3,(H,18,19). The van der Waals surface area contributed by atoms with E-state index >= 15 is 0 Å². The molecule has 0 saturated heterocycles. The monoisotopic (exact) mass is 330 g/mol. The first-order valence-electron chi connectivity index (χ1n) is 5.51. The van der Waals surface area contributed by atoms with Crippen molar-refractivity contribution in [3.63, 3.8) is 0 Å². The van der Waals surface area contributed by atoms with Gasteiger partial charge in [0.05, 0.1) is 6.04 Å². The molecule has 0 spiro atoms. The number of aromatic nitrogens is 1. The Morgan fingerprint density at radius 1 is 1.11 bits per heavy atom. The molecule has 19 heavy (non-hydrogen) atoms. The van der Waals surface area contributed by atoms with Gasteiger partial charge in [0.25, 0.3) is 5.95 Å². The van der Waals surface area contributed by atoms with Crippen molar-refractivity contribution in [3.8, 4) is 0 Å². The van der Waals surface area contributed by atoms with Crippen LogP contribution in [-0.4, -0.2) is 4.98 Å². The Bertz CT molecular complexity index is 587. The molecule has 0 aliphatic carbocycles. The predicted octanol–water partition coefficient (Wildman–Crippen LogP) is 4.43. The second kappa shape index (κ2) is 5.61. The topological polar surface area (TPSA) is 24.9 Å². The highest BCUT2D eigenvalue weighted by atomic mass is 79.9. The van der Waals surface area contributed by atoms with Gasteiger partial charge in [0.2, 0.25) is 0 Å². The molecule has 2 rings (SSSR count). The van der Waals surface area contributed by atoms with Crippen molar-refractivity contribution in [2.75, 3.05) is 5.32 Å². The van der Waals surface area contributed by atoms with Gasteiger partial charge >= 0.3 is 0 Å². The molecule has 0 aliphatic heterocycles. The van der Waals surface area contributed by atoms with Crippen LogP contribution in [0.3, 0.4) is 0 Å². The highest BCUT2D eigenvalue weighted by Crippen LogP contribution is 2.22. The van der Waals surface area contributed by atoms with Crippen molar-refractivity contribution in [3.05, 3.63) is 58.0 Å². The molecule has 1 N–H and O–H groups in total. The minimum Gasteiger partial charge on any atom is -0.361 e. The van der Waals surface area contributed by atoms with Crippen LogP contribution >= 0.6 is 15.9 Å². The first kappa shape index (κ1) is 13.9. The zero-order chi connectivity index (χ0) is 14.0. The molecule has 1 unspecified atom stereocenters. The second-order valence-corrected chi connectivity index (χ2v) is 4.92. The molecular weight excluding hydrogens is 321 g/mol. The summed E-state index contributed by atoms with van der Waals surface area (Å²) in [6.45, 7) is 1.77. The first-order valence-corrected chi connectivity index (χ1v) is 6.30. The van der Waals surface area contributed by atoms with Crippen LogP contribution in [0.25, 0.3) is 0 Å². The number of pyridine rings is 1. The van der Waals surface area contributed by atoms with Gasteiger partial charge in [-0.3, -0.25) is 0 Å². The minimum atomic E-state index is -1.33. The van der Waals surface area contributed by atoms with Gasteiger partial charge in [0, 0.05) is 10.5 Å². The van der Waals surface area contributed by atoms with E-state index in [-0.39, 0.29) is 11.9 Å². The van der Waals surface area contributed by atoms with Crippen molar-refractivity contribution >= 4 is 21.7 Å². The van der Waals surface area contributed by atoms with Gasteiger partial charge < -0.3 is 5.32 Å². The fraction of sp³-hybridized carbons (Fsp3) is 0.154. The zero-order valence-corrected chi connectivity index (χ0v) is 11.5. The summed E-state index contributed by atoms with van der Waals surface area (Å²) in [5.41, 5.74) is 0.870. The van der Waals surface area contributed by atoms with Gasteiger partial charge in [-0.15, -0.1) is 0 Å². The molecule has 100 valence electrons. The SMILES string of the molecule is CC(Nc1nc(F)c(F)cc1F)c1ccc(Br)cc1. The Morgan fingerprint density at radius 3 is 2.37 bits per heavy atom. The maximum absolute atomic E-state index is 13.4. The van der Waals surface area contributed by atoms with Crippen LogP contribution in [0.2, 0.25) is 0 Å². The number of nitrogens with one attached hydrogen (secondary N) is 1. The van der Waals surface area contributed by atoms with E-state index in [0.717, 1.165) is 10.0 Å². The van der Waals surface area contributed by atoms with Crippen molar-refractivity contribution in [1.29, 1.82) is 0 Å². The average molecular weight is 331 g/mol. The van der Waals surface area contributed by atoms with E-state index in [4.69, 9.17) is 0 Å². The Hall–Kier alpha value is -1.56. The largest absolute Gasteiger partial charge is 0.361 e. The second-order valence-electron chi connectivity index (χ2n) is 4.01. The number of hydrogen-bond donors (Lipinski definition) is 1. The molecule has 0 radical (unpaired) electrons. The molecule has 2 nitrogen and oxygen atoms in total. The summed E-state index contributed by atoms with van der Waals surface area (Å²) in [4.78, 5) is 3.22. The fourth-order valence-corrected chi connectivity index (χ4v) is 1.85. The smallest absolute Gasteiger partial charge is 0.251 e. The van der Waals surface area contributed by atoms with E-state index in [9.17, 15) is 13.2 Å². The number of anilines is 1. The van der Waals surface area contributed by atoms with Crippen LogP contribution in [0, 0.1) is 17.6 Å². The molecular formula is C13H10BrF3N2. The highest BCUT2D eigenvalue weighted by molar-refractivity contribution is 9.10. The molecule has 0 aliphatic rings. The van der Waals surface area contributed by atoms with Gasteiger partial charge in [-0.1, -0.05) is 28.1 Å². The van der Waals surface area contributed by atoms with Crippen molar-refractivity contribution in [2.24, 2.45) is 0 Å². The Kier molecular flexibility index (Phi) is 4.09. The lowest BCUT2D eigenvalue weighted by molar-refractivity contribution is 0.465. The highest BCUT2D eigenvalue weighted by Gasteiger charge is 2.14. The third kappa shape index (κ3) is 3.26. The Labute approximate surface area is 116 Å². The summed E-state index contributed by atoms with van der Waals surface area (Å²) in [6, 6.07) is 7.52. The predicted molar refractivity (Wildman–Crippen MR) is 70.3 cm³/mol. The number of halogens is 4. The van der Waals surface area contributed by atoms with Crippen LogP contribution in [-0.2, 0) is 0 Å². The van der Waals surface area contributed by atoms with E-state index in [1.54, 1.807) is 6.92 Å². The summed E-state index contributed by atoms with van der Waals surface area (Å²) in [5.74, 6) is -3.87. The van der Waals surface area contributed by atoms with Gasteiger partial charge in [0.15, 0.2) is 17.5 Å². The van der Waals surface area contributed by atoms with Crippen molar-refractivity contribution < 1.29 is 13.2 Å². The van der Waals surface area contributed by atoms with Gasteiger partial charge in [-0.2, -0.15) is 9.37 Å². The van der Waals surface area contributed by atoms with Gasteiger partial charge in [-0.05, 0) is 24.6 Å². The molecule has 0 bridgehead atoms.